The van der Waals surface area contributed by atoms with Crippen LogP contribution < -0.4 is 0 Å². The van der Waals surface area contributed by atoms with Gasteiger partial charge >= 0.3 is 11.9 Å². The van der Waals surface area contributed by atoms with Crippen molar-refractivity contribution in [2.75, 3.05) is 6.61 Å². The topological polar surface area (TPSA) is 97.9 Å². The van der Waals surface area contributed by atoms with Crippen LogP contribution in [-0.4, -0.2) is 59.3 Å². The summed E-state index contributed by atoms with van der Waals surface area (Å²) in [4.78, 5) is 24.9. The number of aliphatic hydroxyl groups excluding tert-OH is 1. The Balaban J connectivity index is 1.67. The molecule has 3 fully saturated rings. The SMILES string of the molecule is C=C1C(=O)O[C@@H]2/C=C(/C)CC[C@H]3O[C@]3(CO)C[C@@H](OC(=O)C3(C)OC3C)[C@@H]12. The molecule has 0 saturated carbocycles. The third-order valence-electron chi connectivity index (χ3n) is 6.44. The Kier molecular flexibility index (Phi) is 4.25. The largest absolute Gasteiger partial charge is 0.459 e. The van der Waals surface area contributed by atoms with Crippen molar-refractivity contribution in [3.05, 3.63) is 23.8 Å². The van der Waals surface area contributed by atoms with Gasteiger partial charge in [0.25, 0.3) is 0 Å². The van der Waals surface area contributed by atoms with Crippen molar-refractivity contribution in [3.63, 3.8) is 0 Å². The zero-order valence-corrected chi connectivity index (χ0v) is 15.9. The molecule has 3 aliphatic heterocycles. The van der Waals surface area contributed by atoms with Crippen LogP contribution in [-0.2, 0) is 28.5 Å². The maximum Gasteiger partial charge on any atom is 0.341 e. The average molecular weight is 378 g/mol. The Morgan fingerprint density at radius 1 is 1.44 bits per heavy atom. The second-order valence-corrected chi connectivity index (χ2v) is 8.32. The first-order chi connectivity index (χ1) is 12.7. The molecule has 4 aliphatic rings. The summed E-state index contributed by atoms with van der Waals surface area (Å²) in [5.41, 5.74) is -0.386. The monoisotopic (exact) mass is 378 g/mol. The van der Waals surface area contributed by atoms with E-state index in [0.717, 1.165) is 18.4 Å². The third-order valence-corrected chi connectivity index (χ3v) is 6.44. The van der Waals surface area contributed by atoms with Crippen molar-refractivity contribution in [2.24, 2.45) is 5.92 Å². The number of hydrogen-bond donors (Lipinski definition) is 1. The van der Waals surface area contributed by atoms with E-state index >= 15 is 0 Å². The zero-order valence-electron chi connectivity index (χ0n) is 15.9. The first-order valence-corrected chi connectivity index (χ1v) is 9.45. The van der Waals surface area contributed by atoms with Crippen LogP contribution in [0.3, 0.4) is 0 Å². The lowest BCUT2D eigenvalue weighted by molar-refractivity contribution is -0.159. The normalized spacial score (nSPS) is 47.9. The van der Waals surface area contributed by atoms with Crippen molar-refractivity contribution in [2.45, 2.75) is 75.7 Å². The van der Waals surface area contributed by atoms with Crippen LogP contribution in [0.5, 0.6) is 0 Å². The van der Waals surface area contributed by atoms with Gasteiger partial charge in [-0.15, -0.1) is 0 Å². The average Bonchev–Trinajstić information content (AvgIpc) is 3.45. The quantitative estimate of drug-likeness (QED) is 0.343. The minimum Gasteiger partial charge on any atom is -0.459 e. The van der Waals surface area contributed by atoms with Crippen LogP contribution >= 0.6 is 0 Å². The van der Waals surface area contributed by atoms with Gasteiger partial charge in [-0.2, -0.15) is 0 Å². The van der Waals surface area contributed by atoms with Gasteiger partial charge in [0.05, 0.1) is 24.7 Å². The van der Waals surface area contributed by atoms with E-state index in [1.165, 1.54) is 0 Å². The van der Waals surface area contributed by atoms with E-state index in [2.05, 4.69) is 6.58 Å². The van der Waals surface area contributed by atoms with Crippen LogP contribution in [0, 0.1) is 5.92 Å². The van der Waals surface area contributed by atoms with E-state index in [9.17, 15) is 14.7 Å². The van der Waals surface area contributed by atoms with E-state index in [1.54, 1.807) is 13.8 Å². The van der Waals surface area contributed by atoms with Crippen LogP contribution in [0.2, 0.25) is 0 Å². The predicted molar refractivity (Wildman–Crippen MR) is 93.6 cm³/mol. The Hall–Kier alpha value is -1.70. The van der Waals surface area contributed by atoms with Gasteiger partial charge in [0.1, 0.15) is 17.8 Å². The van der Waals surface area contributed by atoms with Gasteiger partial charge < -0.3 is 24.1 Å². The number of epoxide rings is 2. The van der Waals surface area contributed by atoms with Crippen molar-refractivity contribution in [3.8, 4) is 0 Å². The van der Waals surface area contributed by atoms with Gasteiger partial charge in [-0.05, 0) is 39.7 Å². The van der Waals surface area contributed by atoms with Crippen molar-refractivity contribution < 1.29 is 33.6 Å². The predicted octanol–water partition coefficient (Wildman–Crippen LogP) is 1.43. The molecule has 148 valence electrons. The summed E-state index contributed by atoms with van der Waals surface area (Å²) in [6.07, 6.45) is 2.18. The minimum atomic E-state index is -0.975. The first-order valence-electron chi connectivity index (χ1n) is 9.45. The zero-order chi connectivity index (χ0) is 19.6. The van der Waals surface area contributed by atoms with Gasteiger partial charge in [-0.3, -0.25) is 0 Å². The summed E-state index contributed by atoms with van der Waals surface area (Å²) in [7, 11) is 0. The Morgan fingerprint density at radius 2 is 2.15 bits per heavy atom. The molecule has 0 aromatic heterocycles. The smallest absolute Gasteiger partial charge is 0.341 e. The molecule has 4 rings (SSSR count). The van der Waals surface area contributed by atoms with Gasteiger partial charge in [-0.25, -0.2) is 9.59 Å². The van der Waals surface area contributed by atoms with E-state index in [1.807, 2.05) is 13.0 Å². The Bertz CT molecular complexity index is 728. The Morgan fingerprint density at radius 3 is 2.78 bits per heavy atom. The van der Waals surface area contributed by atoms with Crippen molar-refractivity contribution >= 4 is 11.9 Å². The highest BCUT2D eigenvalue weighted by molar-refractivity contribution is 5.91. The molecule has 0 spiro atoms. The number of carbonyl (C=O) groups excluding carboxylic acids is 2. The molecule has 0 aromatic rings. The standard InChI is InChI=1S/C20H26O7/c1-10-5-6-15-20(9-21,27-15)8-14(25-18(23)19(4)12(3)26-19)16-11(2)17(22)24-13(16)7-10/h7,12-16,21H,2,5-6,8-9H2,1,3-4H3/b10-7-/t12?,13-,14-,15-,16+,19?,20+/m1/s1. The van der Waals surface area contributed by atoms with Gasteiger partial charge in [0.15, 0.2) is 5.60 Å². The van der Waals surface area contributed by atoms with E-state index in [-0.39, 0.29) is 30.8 Å². The number of hydrogen-bond acceptors (Lipinski definition) is 7. The molecule has 27 heavy (non-hydrogen) atoms. The Labute approximate surface area is 158 Å². The van der Waals surface area contributed by atoms with Crippen molar-refractivity contribution in [1.82, 2.24) is 0 Å². The molecule has 7 heteroatoms. The van der Waals surface area contributed by atoms with Crippen LogP contribution in [0.25, 0.3) is 0 Å². The molecule has 1 aliphatic carbocycles. The van der Waals surface area contributed by atoms with Crippen LogP contribution in [0.15, 0.2) is 23.8 Å². The molecule has 0 bridgehead atoms. The first kappa shape index (κ1) is 18.7. The maximum atomic E-state index is 12.7. The molecule has 3 heterocycles. The summed E-state index contributed by atoms with van der Waals surface area (Å²) >= 11 is 0. The summed E-state index contributed by atoms with van der Waals surface area (Å²) in [5, 5.41) is 9.94. The summed E-state index contributed by atoms with van der Waals surface area (Å²) in [6, 6.07) is 0. The van der Waals surface area contributed by atoms with Gasteiger partial charge in [0.2, 0.25) is 0 Å². The summed E-state index contributed by atoms with van der Waals surface area (Å²) in [5.74, 6) is -1.47. The van der Waals surface area contributed by atoms with E-state index in [4.69, 9.17) is 18.9 Å². The molecule has 0 amide bonds. The van der Waals surface area contributed by atoms with Crippen LogP contribution in [0.4, 0.5) is 0 Å². The maximum absolute atomic E-state index is 12.7. The second-order valence-electron chi connectivity index (χ2n) is 8.32. The van der Waals surface area contributed by atoms with Crippen molar-refractivity contribution in [1.29, 1.82) is 0 Å². The fraction of sp³-hybridized carbons (Fsp3) is 0.700. The number of allylic oxidation sites excluding steroid dienone is 1. The fourth-order valence-corrected chi connectivity index (χ4v) is 4.24. The van der Waals surface area contributed by atoms with Gasteiger partial charge in [0, 0.05) is 12.0 Å². The fourth-order valence-electron chi connectivity index (χ4n) is 4.24. The lowest BCUT2D eigenvalue weighted by Gasteiger charge is -2.29. The molecule has 0 radical (unpaired) electrons. The molecule has 7 nitrogen and oxygen atoms in total. The number of rotatable bonds is 3. The number of fused-ring (bicyclic) bond motifs is 2. The highest BCUT2D eigenvalue weighted by Gasteiger charge is 2.62. The highest BCUT2D eigenvalue weighted by atomic mass is 16.7. The lowest BCUT2D eigenvalue weighted by Crippen LogP contribution is -2.41. The highest BCUT2D eigenvalue weighted by Crippen LogP contribution is 2.48. The lowest BCUT2D eigenvalue weighted by atomic mass is 9.82. The van der Waals surface area contributed by atoms with E-state index in [0.29, 0.717) is 0 Å². The molecule has 7 atom stereocenters. The van der Waals surface area contributed by atoms with Gasteiger partial charge in [-0.1, -0.05) is 12.2 Å². The molecule has 3 saturated heterocycles. The summed E-state index contributed by atoms with van der Waals surface area (Å²) < 4.78 is 22.5. The second kappa shape index (κ2) is 6.15. The minimum absolute atomic E-state index is 0.0958. The molecular formula is C20H26O7. The molecule has 0 aromatic carbocycles. The molecular weight excluding hydrogens is 352 g/mol. The number of aliphatic hydroxyl groups is 1. The molecule has 2 unspecified atom stereocenters. The van der Waals surface area contributed by atoms with E-state index < -0.39 is 41.3 Å². The van der Waals surface area contributed by atoms with Crippen LogP contribution in [0.1, 0.15) is 40.0 Å². The summed E-state index contributed by atoms with van der Waals surface area (Å²) in [6.45, 7) is 9.17. The number of ether oxygens (including phenoxy) is 4. The number of carbonyl (C=O) groups is 2. The molecule has 1 N–H and O–H groups in total. The number of esters is 2. The third kappa shape index (κ3) is 3.02.